The molecule has 0 aromatic carbocycles. The van der Waals surface area contributed by atoms with E-state index in [2.05, 4.69) is 13.8 Å². The van der Waals surface area contributed by atoms with Crippen LogP contribution in [0.2, 0.25) is 0 Å². The molecule has 0 N–H and O–H groups in total. The van der Waals surface area contributed by atoms with Gasteiger partial charge in [0.1, 0.15) is 0 Å². The third-order valence-electron chi connectivity index (χ3n) is 4.10. The number of unbranched alkanes of at least 4 members (excludes halogenated alkanes) is 5. The third kappa shape index (κ3) is 6.91. The van der Waals surface area contributed by atoms with Crippen LogP contribution >= 0.6 is 12.6 Å². The highest BCUT2D eigenvalue weighted by Gasteiger charge is 2.57. The molecule has 0 bridgehead atoms. The number of rotatable bonds is 15. The van der Waals surface area contributed by atoms with E-state index >= 15 is 0 Å². The fraction of sp³-hybridized carbons (Fsp3) is 1.00. The zero-order chi connectivity index (χ0) is 16.9. The number of thiol groups is 1. The summed E-state index contributed by atoms with van der Waals surface area (Å²) in [7, 11) is -2.76. The first-order valence-corrected chi connectivity index (χ1v) is 11.4. The van der Waals surface area contributed by atoms with Gasteiger partial charge in [0.05, 0.1) is 4.37 Å². The molecule has 1 unspecified atom stereocenters. The second-order valence-electron chi connectivity index (χ2n) is 5.76. The van der Waals surface area contributed by atoms with Gasteiger partial charge in [-0.15, -0.1) is 0 Å². The lowest BCUT2D eigenvalue weighted by Gasteiger charge is -2.42. The van der Waals surface area contributed by atoms with E-state index in [0.29, 0.717) is 19.8 Å². The van der Waals surface area contributed by atoms with Crippen LogP contribution in [0, 0.1) is 0 Å². The second kappa shape index (κ2) is 12.8. The maximum atomic E-state index is 6.08. The molecule has 0 amide bonds. The van der Waals surface area contributed by atoms with Crippen LogP contribution in [0.25, 0.3) is 0 Å². The smallest absolute Gasteiger partial charge is 0.373 e. The van der Waals surface area contributed by atoms with Gasteiger partial charge >= 0.3 is 8.80 Å². The van der Waals surface area contributed by atoms with E-state index in [1.807, 2.05) is 20.8 Å². The summed E-state index contributed by atoms with van der Waals surface area (Å²) >= 11 is 5.03. The van der Waals surface area contributed by atoms with Crippen LogP contribution in [0.3, 0.4) is 0 Å². The highest BCUT2D eigenvalue weighted by molar-refractivity contribution is 7.84. The lowest BCUT2D eigenvalue weighted by atomic mass is 10.1. The summed E-state index contributed by atoms with van der Waals surface area (Å²) in [6.07, 6.45) is 9.64. The van der Waals surface area contributed by atoms with Crippen molar-refractivity contribution in [2.24, 2.45) is 0 Å². The average Bonchev–Trinajstić information content (AvgIpc) is 2.51. The average molecular weight is 351 g/mol. The standard InChI is InChI=1S/C17H38O3SSi/c1-6-11-12-13-14-15-16-17(21,7-2)22(18-8-3,19-9-4)20-10-5/h21H,6-16H2,1-5H3. The lowest BCUT2D eigenvalue weighted by Crippen LogP contribution is -2.62. The Kier molecular flexibility index (Phi) is 13.1. The lowest BCUT2D eigenvalue weighted by molar-refractivity contribution is 0.0557. The van der Waals surface area contributed by atoms with Gasteiger partial charge in [-0.25, -0.2) is 0 Å². The fourth-order valence-corrected chi connectivity index (χ4v) is 6.69. The van der Waals surface area contributed by atoms with Crippen molar-refractivity contribution in [2.45, 2.75) is 90.4 Å². The molecule has 3 nitrogen and oxygen atoms in total. The minimum Gasteiger partial charge on any atom is -0.373 e. The predicted octanol–water partition coefficient (Wildman–Crippen LogP) is 5.40. The molecule has 134 valence electrons. The summed E-state index contributed by atoms with van der Waals surface area (Å²) in [5.41, 5.74) is 0. The van der Waals surface area contributed by atoms with Crippen LogP contribution in [0.5, 0.6) is 0 Å². The van der Waals surface area contributed by atoms with Crippen molar-refractivity contribution in [3.63, 3.8) is 0 Å². The Morgan fingerprint density at radius 2 is 1.18 bits per heavy atom. The van der Waals surface area contributed by atoms with Crippen LogP contribution in [0.15, 0.2) is 0 Å². The van der Waals surface area contributed by atoms with Crippen molar-refractivity contribution < 1.29 is 13.3 Å². The van der Waals surface area contributed by atoms with E-state index in [1.54, 1.807) is 0 Å². The van der Waals surface area contributed by atoms with E-state index in [-0.39, 0.29) is 4.37 Å². The second-order valence-corrected chi connectivity index (χ2v) is 9.97. The van der Waals surface area contributed by atoms with Gasteiger partial charge in [-0.05, 0) is 33.6 Å². The quantitative estimate of drug-likeness (QED) is 0.243. The normalized spacial score (nSPS) is 15.0. The Labute approximate surface area is 145 Å². The summed E-state index contributed by atoms with van der Waals surface area (Å²) in [5.74, 6) is 0. The van der Waals surface area contributed by atoms with Crippen LogP contribution in [-0.2, 0) is 13.3 Å². The molecular formula is C17H38O3SSi. The van der Waals surface area contributed by atoms with Crippen LogP contribution in [-0.4, -0.2) is 33.0 Å². The summed E-state index contributed by atoms with van der Waals surface area (Å²) < 4.78 is 18.0. The van der Waals surface area contributed by atoms with Crippen molar-refractivity contribution in [3.05, 3.63) is 0 Å². The molecular weight excluding hydrogens is 312 g/mol. The van der Waals surface area contributed by atoms with E-state index in [0.717, 1.165) is 12.8 Å². The molecule has 0 aliphatic heterocycles. The zero-order valence-corrected chi connectivity index (χ0v) is 17.3. The molecule has 22 heavy (non-hydrogen) atoms. The van der Waals surface area contributed by atoms with Gasteiger partial charge < -0.3 is 13.3 Å². The van der Waals surface area contributed by atoms with Gasteiger partial charge in [0.25, 0.3) is 0 Å². The first-order valence-electron chi connectivity index (χ1n) is 9.19. The van der Waals surface area contributed by atoms with Gasteiger partial charge in [-0.3, -0.25) is 0 Å². The van der Waals surface area contributed by atoms with E-state index in [9.17, 15) is 0 Å². The summed E-state index contributed by atoms with van der Waals surface area (Å²) in [5, 5.41) is 0. The molecule has 0 radical (unpaired) electrons. The minimum absolute atomic E-state index is 0.278. The molecule has 0 fully saturated rings. The van der Waals surface area contributed by atoms with Gasteiger partial charge in [-0.2, -0.15) is 12.6 Å². The number of hydrogen-bond acceptors (Lipinski definition) is 4. The predicted molar refractivity (Wildman–Crippen MR) is 101 cm³/mol. The van der Waals surface area contributed by atoms with E-state index in [4.69, 9.17) is 25.9 Å². The Bertz CT molecular complexity index is 249. The minimum atomic E-state index is -2.76. The van der Waals surface area contributed by atoms with Crippen molar-refractivity contribution >= 4 is 21.4 Å². The molecule has 5 heteroatoms. The van der Waals surface area contributed by atoms with Gasteiger partial charge in [0, 0.05) is 19.8 Å². The molecule has 0 aliphatic rings. The largest absolute Gasteiger partial charge is 0.517 e. The zero-order valence-electron chi connectivity index (χ0n) is 15.5. The third-order valence-corrected chi connectivity index (χ3v) is 9.21. The topological polar surface area (TPSA) is 27.7 Å². The van der Waals surface area contributed by atoms with E-state index < -0.39 is 8.80 Å². The van der Waals surface area contributed by atoms with Crippen LogP contribution in [0.1, 0.15) is 86.0 Å². The Balaban J connectivity index is 4.76. The van der Waals surface area contributed by atoms with Gasteiger partial charge in [0.2, 0.25) is 0 Å². The van der Waals surface area contributed by atoms with Gasteiger partial charge in [-0.1, -0.05) is 52.4 Å². The van der Waals surface area contributed by atoms with Gasteiger partial charge in [0.15, 0.2) is 0 Å². The fourth-order valence-electron chi connectivity index (χ4n) is 2.84. The van der Waals surface area contributed by atoms with E-state index in [1.165, 1.54) is 38.5 Å². The Morgan fingerprint density at radius 1 is 0.727 bits per heavy atom. The number of hydrogen-bond donors (Lipinski definition) is 1. The molecule has 0 rings (SSSR count). The summed E-state index contributed by atoms with van der Waals surface area (Å²) in [6, 6.07) is 0. The molecule has 0 aromatic rings. The molecule has 0 aliphatic carbocycles. The molecule has 1 atom stereocenters. The molecule has 0 spiro atoms. The van der Waals surface area contributed by atoms with Crippen molar-refractivity contribution in [2.75, 3.05) is 19.8 Å². The van der Waals surface area contributed by atoms with Crippen LogP contribution in [0.4, 0.5) is 0 Å². The SMILES string of the molecule is CCCCCCCCC(S)(CC)[Si](OCC)(OCC)OCC. The maximum absolute atomic E-state index is 6.08. The molecule has 0 heterocycles. The highest BCUT2D eigenvalue weighted by atomic mass is 32.1. The van der Waals surface area contributed by atoms with Crippen molar-refractivity contribution in [1.82, 2.24) is 0 Å². The molecule has 0 saturated carbocycles. The molecule has 0 aromatic heterocycles. The summed E-state index contributed by atoms with van der Waals surface area (Å²) in [4.78, 5) is 0. The van der Waals surface area contributed by atoms with Crippen LogP contribution < -0.4 is 0 Å². The van der Waals surface area contributed by atoms with Crippen molar-refractivity contribution in [1.29, 1.82) is 0 Å². The maximum Gasteiger partial charge on any atom is 0.517 e. The Morgan fingerprint density at radius 3 is 1.59 bits per heavy atom. The highest BCUT2D eigenvalue weighted by Crippen LogP contribution is 2.38. The van der Waals surface area contributed by atoms with Crippen molar-refractivity contribution in [3.8, 4) is 0 Å². The molecule has 0 saturated heterocycles. The first-order chi connectivity index (χ1) is 10.6. The first kappa shape index (κ1) is 22.4. The monoisotopic (exact) mass is 350 g/mol. The Hall–Kier alpha value is 0.447. The summed E-state index contributed by atoms with van der Waals surface area (Å²) in [6.45, 7) is 12.3.